The Morgan fingerprint density at radius 3 is 2.20 bits per heavy atom. The van der Waals surface area contributed by atoms with Crippen LogP contribution in [-0.2, 0) is 9.59 Å². The molecule has 0 saturated heterocycles. The molecule has 0 spiro atoms. The molecule has 0 aliphatic rings. The third-order valence-electron chi connectivity index (χ3n) is 2.14. The van der Waals surface area contributed by atoms with Crippen LogP contribution in [0, 0.1) is 0 Å². The van der Waals surface area contributed by atoms with Gasteiger partial charge in [-0.1, -0.05) is 13.8 Å². The minimum atomic E-state index is -0.227. The van der Waals surface area contributed by atoms with Gasteiger partial charge < -0.3 is 9.69 Å². The second-order valence-electron chi connectivity index (χ2n) is 4.12. The molecule has 0 aromatic heterocycles. The Balaban J connectivity index is 4.46. The molecule has 0 rings (SSSR count). The fraction of sp³-hybridized carbons (Fsp3) is 0.818. The van der Waals surface area contributed by atoms with Crippen LogP contribution in [0.3, 0.4) is 0 Å². The van der Waals surface area contributed by atoms with Crippen molar-refractivity contribution in [3.63, 3.8) is 0 Å². The number of hydrogen-bond donors (Lipinski definition) is 0. The first-order valence-electron chi connectivity index (χ1n) is 5.25. The lowest BCUT2D eigenvalue weighted by molar-refractivity contribution is -0.131. The van der Waals surface area contributed by atoms with Gasteiger partial charge in [-0.3, -0.25) is 4.79 Å². The highest BCUT2D eigenvalue weighted by Crippen LogP contribution is 2.21. The van der Waals surface area contributed by atoms with Crippen molar-refractivity contribution in [1.82, 2.24) is 4.90 Å². The standard InChI is InChI=1S/C11H21NO2S/c1-8(2)12(5)11(14)10(6-7-13)15-9(3)4/h7-10H,6H2,1-5H3. The van der Waals surface area contributed by atoms with E-state index in [4.69, 9.17) is 0 Å². The Morgan fingerprint density at radius 2 is 1.87 bits per heavy atom. The minimum Gasteiger partial charge on any atom is -0.342 e. The summed E-state index contributed by atoms with van der Waals surface area (Å²) in [6.07, 6.45) is 1.13. The fourth-order valence-corrected chi connectivity index (χ4v) is 2.24. The zero-order chi connectivity index (χ0) is 12.0. The summed E-state index contributed by atoms with van der Waals surface area (Å²) in [5.41, 5.74) is 0. The largest absolute Gasteiger partial charge is 0.342 e. The van der Waals surface area contributed by atoms with E-state index in [1.54, 1.807) is 23.7 Å². The Bertz CT molecular complexity index is 217. The number of carbonyl (C=O) groups excluding carboxylic acids is 2. The van der Waals surface area contributed by atoms with Gasteiger partial charge in [0.1, 0.15) is 6.29 Å². The minimum absolute atomic E-state index is 0.0517. The molecule has 0 aromatic rings. The van der Waals surface area contributed by atoms with Gasteiger partial charge in [0.05, 0.1) is 5.25 Å². The van der Waals surface area contributed by atoms with Gasteiger partial charge in [0.15, 0.2) is 0 Å². The molecule has 0 bridgehead atoms. The molecule has 0 fully saturated rings. The normalized spacial score (nSPS) is 13.0. The van der Waals surface area contributed by atoms with E-state index in [9.17, 15) is 9.59 Å². The lowest BCUT2D eigenvalue weighted by Gasteiger charge is -2.26. The second-order valence-corrected chi connectivity index (χ2v) is 5.90. The quantitative estimate of drug-likeness (QED) is 0.656. The SMILES string of the molecule is CC(C)SC(CC=O)C(=O)N(C)C(C)C. The zero-order valence-corrected chi connectivity index (χ0v) is 11.0. The molecule has 0 aliphatic carbocycles. The molecule has 15 heavy (non-hydrogen) atoms. The molecule has 1 amide bonds. The van der Waals surface area contributed by atoms with Gasteiger partial charge in [-0.25, -0.2) is 0 Å². The van der Waals surface area contributed by atoms with Crippen molar-refractivity contribution in [3.8, 4) is 0 Å². The average molecular weight is 231 g/mol. The highest BCUT2D eigenvalue weighted by atomic mass is 32.2. The number of hydrogen-bond acceptors (Lipinski definition) is 3. The van der Waals surface area contributed by atoms with Crippen molar-refractivity contribution in [2.24, 2.45) is 0 Å². The summed E-state index contributed by atoms with van der Waals surface area (Å²) < 4.78 is 0. The molecule has 0 radical (unpaired) electrons. The van der Waals surface area contributed by atoms with Gasteiger partial charge in [0.2, 0.25) is 5.91 Å². The first kappa shape index (κ1) is 14.5. The fourth-order valence-electron chi connectivity index (χ4n) is 1.11. The molecule has 88 valence electrons. The van der Waals surface area contributed by atoms with Crippen molar-refractivity contribution in [3.05, 3.63) is 0 Å². The number of nitrogens with zero attached hydrogens (tertiary/aromatic N) is 1. The van der Waals surface area contributed by atoms with E-state index in [1.807, 2.05) is 27.7 Å². The summed E-state index contributed by atoms with van der Waals surface area (Å²) in [5, 5.41) is 0.134. The van der Waals surface area contributed by atoms with Crippen LogP contribution in [0.15, 0.2) is 0 Å². The monoisotopic (exact) mass is 231 g/mol. The van der Waals surface area contributed by atoms with E-state index < -0.39 is 0 Å². The Hall–Kier alpha value is -0.510. The van der Waals surface area contributed by atoms with Crippen LogP contribution in [-0.4, -0.2) is 40.7 Å². The number of thioether (sulfide) groups is 1. The maximum absolute atomic E-state index is 12.0. The predicted molar refractivity (Wildman–Crippen MR) is 65.1 cm³/mol. The third-order valence-corrected chi connectivity index (χ3v) is 3.41. The van der Waals surface area contributed by atoms with E-state index in [0.717, 1.165) is 6.29 Å². The number of carbonyl (C=O) groups is 2. The molecule has 0 N–H and O–H groups in total. The van der Waals surface area contributed by atoms with Crippen LogP contribution >= 0.6 is 11.8 Å². The second kappa shape index (κ2) is 6.88. The molecule has 0 aromatic carbocycles. The summed E-state index contributed by atoms with van der Waals surface area (Å²) in [6.45, 7) is 8.00. The molecule has 4 heteroatoms. The van der Waals surface area contributed by atoms with Crippen molar-refractivity contribution >= 4 is 24.0 Å². The van der Waals surface area contributed by atoms with E-state index in [1.165, 1.54) is 0 Å². The van der Waals surface area contributed by atoms with E-state index >= 15 is 0 Å². The van der Waals surface area contributed by atoms with Crippen LogP contribution < -0.4 is 0 Å². The topological polar surface area (TPSA) is 37.4 Å². The summed E-state index contributed by atoms with van der Waals surface area (Å²) in [4.78, 5) is 24.2. The molecule has 0 saturated carbocycles. The molecule has 0 heterocycles. The average Bonchev–Trinajstić information content (AvgIpc) is 2.14. The summed E-state index contributed by atoms with van der Waals surface area (Å²) in [7, 11) is 1.78. The van der Waals surface area contributed by atoms with Gasteiger partial charge in [0, 0.05) is 19.5 Å². The lowest BCUT2D eigenvalue weighted by atomic mass is 10.2. The summed E-state index contributed by atoms with van der Waals surface area (Å²) in [6, 6.07) is 0.180. The van der Waals surface area contributed by atoms with Crippen LogP contribution in [0.5, 0.6) is 0 Å². The highest BCUT2D eigenvalue weighted by Gasteiger charge is 2.24. The highest BCUT2D eigenvalue weighted by molar-refractivity contribution is 8.01. The van der Waals surface area contributed by atoms with Gasteiger partial charge in [-0.05, 0) is 19.1 Å². The van der Waals surface area contributed by atoms with Crippen molar-refractivity contribution < 1.29 is 9.59 Å². The third kappa shape index (κ3) is 5.21. The lowest BCUT2D eigenvalue weighted by Crippen LogP contribution is -2.39. The first-order valence-corrected chi connectivity index (χ1v) is 6.20. The molecule has 3 nitrogen and oxygen atoms in total. The number of aldehydes is 1. The molecular formula is C11H21NO2S. The van der Waals surface area contributed by atoms with Crippen molar-refractivity contribution in [2.45, 2.75) is 50.7 Å². The predicted octanol–water partition coefficient (Wildman–Crippen LogP) is 1.95. The van der Waals surface area contributed by atoms with Gasteiger partial charge in [-0.15, -0.1) is 11.8 Å². The number of amides is 1. The van der Waals surface area contributed by atoms with E-state index in [2.05, 4.69) is 0 Å². The van der Waals surface area contributed by atoms with Crippen molar-refractivity contribution in [1.29, 1.82) is 0 Å². The summed E-state index contributed by atoms with van der Waals surface area (Å²) >= 11 is 1.56. The zero-order valence-electron chi connectivity index (χ0n) is 10.2. The smallest absolute Gasteiger partial charge is 0.236 e. The first-order chi connectivity index (χ1) is 6.90. The molecule has 1 unspecified atom stereocenters. The van der Waals surface area contributed by atoms with Crippen LogP contribution in [0.25, 0.3) is 0 Å². The van der Waals surface area contributed by atoms with E-state index in [-0.39, 0.29) is 17.2 Å². The van der Waals surface area contributed by atoms with E-state index in [0.29, 0.717) is 11.7 Å². The van der Waals surface area contributed by atoms with Gasteiger partial charge in [0.25, 0.3) is 0 Å². The van der Waals surface area contributed by atoms with Gasteiger partial charge in [-0.2, -0.15) is 0 Å². The molecule has 0 aliphatic heterocycles. The summed E-state index contributed by atoms with van der Waals surface area (Å²) in [5.74, 6) is 0.0517. The Morgan fingerprint density at radius 1 is 1.33 bits per heavy atom. The maximum Gasteiger partial charge on any atom is 0.236 e. The Kier molecular flexibility index (Phi) is 6.65. The number of rotatable bonds is 6. The van der Waals surface area contributed by atoms with Gasteiger partial charge >= 0.3 is 0 Å². The Labute approximate surface area is 96.6 Å². The van der Waals surface area contributed by atoms with Crippen LogP contribution in [0.1, 0.15) is 34.1 Å². The van der Waals surface area contributed by atoms with Crippen LogP contribution in [0.2, 0.25) is 0 Å². The van der Waals surface area contributed by atoms with Crippen LogP contribution in [0.4, 0.5) is 0 Å². The maximum atomic E-state index is 12.0. The molecular weight excluding hydrogens is 210 g/mol. The van der Waals surface area contributed by atoms with Crippen molar-refractivity contribution in [2.75, 3.05) is 7.05 Å². The molecule has 1 atom stereocenters.